The van der Waals surface area contributed by atoms with Crippen LogP contribution in [0.5, 0.6) is 0 Å². The number of hydrogen-bond donors (Lipinski definition) is 2. The van der Waals surface area contributed by atoms with Crippen molar-refractivity contribution < 1.29 is 13.6 Å². The van der Waals surface area contributed by atoms with Crippen LogP contribution < -0.4 is 11.1 Å². The van der Waals surface area contributed by atoms with Crippen LogP contribution in [0.2, 0.25) is 0 Å². The monoisotopic (exact) mass is 372 g/mol. The quantitative estimate of drug-likeness (QED) is 0.628. The molecular weight excluding hydrogens is 362 g/mol. The van der Waals surface area contributed by atoms with Gasteiger partial charge in [-0.3, -0.25) is 4.79 Å². The summed E-state index contributed by atoms with van der Waals surface area (Å²) in [5.41, 5.74) is 6.30. The average Bonchev–Trinajstić information content (AvgIpc) is 2.43. The maximum atomic E-state index is 13.4. The fourth-order valence-corrected chi connectivity index (χ4v) is 2.87. The number of nitrogens with two attached hydrogens (primary N) is 1. The predicted octanol–water partition coefficient (Wildman–Crippen LogP) is 4.04. The lowest BCUT2D eigenvalue weighted by Crippen LogP contribution is -2.15. The van der Waals surface area contributed by atoms with Gasteiger partial charge in [0, 0.05) is 21.1 Å². The van der Waals surface area contributed by atoms with Crippen LogP contribution in [0.25, 0.3) is 0 Å². The lowest BCUT2D eigenvalue weighted by molar-refractivity contribution is -0.113. The zero-order chi connectivity index (χ0) is 15.4. The minimum atomic E-state index is -0.810. The van der Waals surface area contributed by atoms with E-state index in [0.29, 0.717) is 5.69 Å². The van der Waals surface area contributed by atoms with E-state index in [0.717, 1.165) is 21.5 Å². The number of hydrogen-bond acceptors (Lipinski definition) is 3. The van der Waals surface area contributed by atoms with Crippen molar-refractivity contribution in [2.75, 3.05) is 16.8 Å². The number of thioether (sulfide) groups is 1. The molecule has 1 amide bonds. The first kappa shape index (κ1) is 15.8. The van der Waals surface area contributed by atoms with E-state index in [1.807, 2.05) is 0 Å². The Kier molecular flexibility index (Phi) is 5.19. The highest BCUT2D eigenvalue weighted by Crippen LogP contribution is 2.28. The molecule has 2 aromatic carbocycles. The van der Waals surface area contributed by atoms with Crippen LogP contribution in [-0.4, -0.2) is 11.7 Å². The molecule has 2 aromatic rings. The number of halogens is 3. The number of anilines is 2. The summed E-state index contributed by atoms with van der Waals surface area (Å²) in [6.07, 6.45) is 0. The second kappa shape index (κ2) is 6.91. The number of carbonyl (C=O) groups excluding carboxylic acids is 1. The number of amides is 1. The molecule has 0 aliphatic rings. The topological polar surface area (TPSA) is 55.1 Å². The summed E-state index contributed by atoms with van der Waals surface area (Å²) in [7, 11) is 0. The predicted molar refractivity (Wildman–Crippen MR) is 84.3 cm³/mol. The summed E-state index contributed by atoms with van der Waals surface area (Å²) in [6.45, 7) is 0. The first-order valence-electron chi connectivity index (χ1n) is 5.88. The Bertz CT molecular complexity index is 682. The Morgan fingerprint density at radius 1 is 1.24 bits per heavy atom. The lowest BCUT2D eigenvalue weighted by atomic mass is 10.3. The van der Waals surface area contributed by atoms with Crippen molar-refractivity contribution in [2.45, 2.75) is 4.90 Å². The molecule has 0 radical (unpaired) electrons. The Morgan fingerprint density at radius 3 is 2.71 bits per heavy atom. The van der Waals surface area contributed by atoms with Crippen LogP contribution in [0.3, 0.4) is 0 Å². The number of carbonyl (C=O) groups is 1. The van der Waals surface area contributed by atoms with E-state index in [9.17, 15) is 13.6 Å². The molecule has 0 unspecified atom stereocenters. The van der Waals surface area contributed by atoms with Crippen molar-refractivity contribution in [3.05, 3.63) is 52.5 Å². The molecule has 0 aliphatic heterocycles. The Hall–Kier alpha value is -1.60. The van der Waals surface area contributed by atoms with E-state index in [1.165, 1.54) is 17.8 Å². The SMILES string of the molecule is Nc1ccc(Br)cc1SCC(=O)Nc1ccc(F)cc1F. The number of nitrogens with one attached hydrogen (secondary N) is 1. The van der Waals surface area contributed by atoms with Crippen molar-refractivity contribution in [3.63, 3.8) is 0 Å². The second-order valence-corrected chi connectivity index (χ2v) is 6.08. The fourth-order valence-electron chi connectivity index (χ4n) is 1.55. The van der Waals surface area contributed by atoms with E-state index in [1.54, 1.807) is 18.2 Å². The lowest BCUT2D eigenvalue weighted by Gasteiger charge is -2.08. The van der Waals surface area contributed by atoms with Crippen molar-refractivity contribution in [1.82, 2.24) is 0 Å². The molecule has 3 N–H and O–H groups in total. The Labute approximate surface area is 133 Å². The van der Waals surface area contributed by atoms with Crippen LogP contribution in [0.4, 0.5) is 20.2 Å². The van der Waals surface area contributed by atoms with Crippen LogP contribution >= 0.6 is 27.7 Å². The van der Waals surface area contributed by atoms with Gasteiger partial charge >= 0.3 is 0 Å². The van der Waals surface area contributed by atoms with E-state index >= 15 is 0 Å². The zero-order valence-electron chi connectivity index (χ0n) is 10.7. The molecule has 0 aliphatic carbocycles. The molecule has 21 heavy (non-hydrogen) atoms. The molecule has 0 atom stereocenters. The van der Waals surface area contributed by atoms with Crippen LogP contribution in [-0.2, 0) is 4.79 Å². The molecule has 3 nitrogen and oxygen atoms in total. The van der Waals surface area contributed by atoms with Gasteiger partial charge in [0.25, 0.3) is 0 Å². The van der Waals surface area contributed by atoms with Crippen molar-refractivity contribution >= 4 is 45.0 Å². The first-order chi connectivity index (χ1) is 9.95. The number of rotatable bonds is 4. The molecule has 2 rings (SSSR count). The third-order valence-corrected chi connectivity index (χ3v) is 4.10. The standard InChI is InChI=1S/C14H11BrF2N2OS/c15-8-1-3-11(18)13(5-8)21-7-14(20)19-12-4-2-9(16)6-10(12)17/h1-6H,7,18H2,(H,19,20). The van der Waals surface area contributed by atoms with Gasteiger partial charge in [-0.25, -0.2) is 8.78 Å². The van der Waals surface area contributed by atoms with Gasteiger partial charge in [-0.1, -0.05) is 15.9 Å². The van der Waals surface area contributed by atoms with Gasteiger partial charge in [0.15, 0.2) is 0 Å². The largest absolute Gasteiger partial charge is 0.398 e. The highest BCUT2D eigenvalue weighted by atomic mass is 79.9. The average molecular weight is 373 g/mol. The van der Waals surface area contributed by atoms with Gasteiger partial charge in [0.05, 0.1) is 11.4 Å². The van der Waals surface area contributed by atoms with Crippen LogP contribution in [0.15, 0.2) is 45.8 Å². The number of benzene rings is 2. The number of nitrogen functional groups attached to an aromatic ring is 1. The van der Waals surface area contributed by atoms with Crippen LogP contribution in [0, 0.1) is 11.6 Å². The van der Waals surface area contributed by atoms with Crippen LogP contribution in [0.1, 0.15) is 0 Å². The third kappa shape index (κ3) is 4.44. The molecule has 0 saturated carbocycles. The minimum absolute atomic E-state index is 0.0517. The summed E-state index contributed by atoms with van der Waals surface area (Å²) in [5.74, 6) is -1.83. The van der Waals surface area contributed by atoms with Crippen molar-refractivity contribution in [3.8, 4) is 0 Å². The molecule has 110 valence electrons. The normalized spacial score (nSPS) is 10.4. The summed E-state index contributed by atoms with van der Waals surface area (Å²) in [4.78, 5) is 12.5. The molecule has 0 saturated heterocycles. The summed E-state index contributed by atoms with van der Waals surface area (Å²) in [5, 5.41) is 2.39. The minimum Gasteiger partial charge on any atom is -0.398 e. The molecule has 0 spiro atoms. The fraction of sp³-hybridized carbons (Fsp3) is 0.0714. The van der Waals surface area contributed by atoms with E-state index in [-0.39, 0.29) is 11.4 Å². The third-order valence-electron chi connectivity index (χ3n) is 2.54. The summed E-state index contributed by atoms with van der Waals surface area (Å²) in [6, 6.07) is 8.30. The van der Waals surface area contributed by atoms with Crippen molar-refractivity contribution in [2.24, 2.45) is 0 Å². The Balaban J connectivity index is 1.97. The molecular formula is C14H11BrF2N2OS. The molecule has 0 aromatic heterocycles. The molecule has 0 fully saturated rings. The van der Waals surface area contributed by atoms with E-state index in [4.69, 9.17) is 5.73 Å². The maximum Gasteiger partial charge on any atom is 0.234 e. The van der Waals surface area contributed by atoms with Gasteiger partial charge in [-0.2, -0.15) is 0 Å². The maximum absolute atomic E-state index is 13.4. The first-order valence-corrected chi connectivity index (χ1v) is 7.66. The van der Waals surface area contributed by atoms with Gasteiger partial charge in [-0.15, -0.1) is 11.8 Å². The molecule has 0 heterocycles. The molecule has 0 bridgehead atoms. The summed E-state index contributed by atoms with van der Waals surface area (Å²) >= 11 is 4.55. The van der Waals surface area contributed by atoms with E-state index < -0.39 is 17.5 Å². The van der Waals surface area contributed by atoms with Gasteiger partial charge in [0.2, 0.25) is 5.91 Å². The van der Waals surface area contributed by atoms with Gasteiger partial charge in [0.1, 0.15) is 11.6 Å². The van der Waals surface area contributed by atoms with Crippen molar-refractivity contribution in [1.29, 1.82) is 0 Å². The highest BCUT2D eigenvalue weighted by Gasteiger charge is 2.09. The van der Waals surface area contributed by atoms with Gasteiger partial charge in [-0.05, 0) is 30.3 Å². The highest BCUT2D eigenvalue weighted by molar-refractivity contribution is 9.10. The Morgan fingerprint density at radius 2 is 2.00 bits per heavy atom. The van der Waals surface area contributed by atoms with Gasteiger partial charge < -0.3 is 11.1 Å². The van der Waals surface area contributed by atoms with E-state index in [2.05, 4.69) is 21.2 Å². The zero-order valence-corrected chi connectivity index (χ0v) is 13.1. The second-order valence-electron chi connectivity index (χ2n) is 4.14. The smallest absolute Gasteiger partial charge is 0.234 e. The molecule has 7 heteroatoms. The summed E-state index contributed by atoms with van der Waals surface area (Å²) < 4.78 is 27.0.